The number of hydrogen-bond acceptors (Lipinski definition) is 2. The Balaban J connectivity index is 0.00000169. The molecule has 3 nitrogen and oxygen atoms in total. The maximum absolute atomic E-state index is 11.5. The second-order valence-corrected chi connectivity index (χ2v) is 4.36. The van der Waals surface area contributed by atoms with Crippen LogP contribution >= 0.6 is 0 Å². The Kier molecular flexibility index (Phi) is 6.90. The van der Waals surface area contributed by atoms with Gasteiger partial charge in [0.25, 0.3) is 0 Å². The zero-order valence-corrected chi connectivity index (χ0v) is 12.8. The molecule has 76 valence electrons. The molecule has 0 bridgehead atoms. The minimum absolute atomic E-state index is 0. The van der Waals surface area contributed by atoms with Gasteiger partial charge in [0.05, 0.1) is 0 Å². The van der Waals surface area contributed by atoms with Crippen molar-refractivity contribution >= 4 is 6.09 Å². The topological polar surface area (TPSA) is 29.5 Å². The molecule has 0 aromatic heterocycles. The molecule has 0 unspecified atom stereocenters. The van der Waals surface area contributed by atoms with Crippen molar-refractivity contribution in [2.45, 2.75) is 39.2 Å². The first kappa shape index (κ1) is 14.9. The van der Waals surface area contributed by atoms with Crippen molar-refractivity contribution in [3.8, 4) is 0 Å². The van der Waals surface area contributed by atoms with Gasteiger partial charge in [-0.25, -0.2) is 4.79 Å². The first-order valence-corrected chi connectivity index (χ1v) is 4.78. The normalized spacial score (nSPS) is 17.2. The van der Waals surface area contributed by atoms with Gasteiger partial charge in [0.15, 0.2) is 0 Å². The summed E-state index contributed by atoms with van der Waals surface area (Å²) in [6, 6.07) is 0. The summed E-state index contributed by atoms with van der Waals surface area (Å²) in [5.74, 6) is 0. The summed E-state index contributed by atoms with van der Waals surface area (Å²) in [6.07, 6.45) is 4.09. The molecule has 14 heavy (non-hydrogen) atoms. The van der Waals surface area contributed by atoms with Gasteiger partial charge in [-0.1, -0.05) is 13.0 Å². The van der Waals surface area contributed by atoms with E-state index in [0.29, 0.717) is 0 Å². The molecule has 4 heteroatoms. The Morgan fingerprint density at radius 2 is 2.07 bits per heavy atom. The van der Waals surface area contributed by atoms with Crippen molar-refractivity contribution < 1.29 is 60.9 Å². The molecule has 1 amide bonds. The summed E-state index contributed by atoms with van der Waals surface area (Å²) in [5.41, 5.74) is -0.380. The molecule has 1 aliphatic heterocycles. The Labute approximate surface area is 129 Å². The van der Waals surface area contributed by atoms with E-state index in [1.807, 2.05) is 20.8 Å². The van der Waals surface area contributed by atoms with Crippen LogP contribution in [0.4, 0.5) is 4.79 Å². The summed E-state index contributed by atoms with van der Waals surface area (Å²) >= 11 is 0. The summed E-state index contributed by atoms with van der Waals surface area (Å²) in [7, 11) is 0. The monoisotopic (exact) mass is 223 g/mol. The fourth-order valence-corrected chi connectivity index (χ4v) is 1.26. The molecule has 0 atom stereocenters. The predicted molar refractivity (Wildman–Crippen MR) is 51.3 cm³/mol. The van der Waals surface area contributed by atoms with Crippen LogP contribution < -0.4 is 51.4 Å². The van der Waals surface area contributed by atoms with Gasteiger partial charge < -0.3 is 16.1 Å². The number of piperidine rings is 1. The largest absolute Gasteiger partial charge is 1.00 e. The maximum atomic E-state index is 11.5. The Morgan fingerprint density at radius 3 is 2.50 bits per heavy atom. The van der Waals surface area contributed by atoms with E-state index in [9.17, 15) is 4.79 Å². The Hall–Kier alpha value is 0.906. The number of nitrogens with zero attached hydrogens (tertiary/aromatic N) is 1. The average molecular weight is 223 g/mol. The van der Waals surface area contributed by atoms with Crippen LogP contribution in [0.15, 0.2) is 0 Å². The smallest absolute Gasteiger partial charge is 0.444 e. The zero-order chi connectivity index (χ0) is 9.90. The van der Waals surface area contributed by atoms with Crippen LogP contribution in [0.3, 0.4) is 0 Å². The van der Waals surface area contributed by atoms with Gasteiger partial charge in [0.2, 0.25) is 0 Å². The van der Waals surface area contributed by atoms with E-state index in [2.05, 4.69) is 6.42 Å². The van der Waals surface area contributed by atoms with Crippen molar-refractivity contribution in [2.24, 2.45) is 0 Å². The zero-order valence-electron chi connectivity index (χ0n) is 9.67. The molecule has 1 rings (SSSR count). The van der Waals surface area contributed by atoms with E-state index in [1.165, 1.54) is 0 Å². The van der Waals surface area contributed by atoms with Crippen molar-refractivity contribution in [1.29, 1.82) is 0 Å². The summed E-state index contributed by atoms with van der Waals surface area (Å²) in [6.45, 7) is 7.22. The van der Waals surface area contributed by atoms with E-state index in [4.69, 9.17) is 4.74 Å². The van der Waals surface area contributed by atoms with Crippen LogP contribution in [-0.2, 0) is 4.74 Å². The third-order valence-corrected chi connectivity index (χ3v) is 1.84. The second kappa shape index (κ2) is 6.48. The fraction of sp³-hybridized carbons (Fsp3) is 0.800. The van der Waals surface area contributed by atoms with E-state index in [-0.39, 0.29) is 63.1 Å². The van der Waals surface area contributed by atoms with E-state index in [0.717, 1.165) is 25.9 Å². The SMILES string of the molecule is CC(C)(C)OC(=O)N1C[CH-]CCC1.[K+]. The van der Waals surface area contributed by atoms with Crippen LogP contribution in [0.1, 0.15) is 33.6 Å². The molecule has 0 saturated carbocycles. The molecule has 0 radical (unpaired) electrons. The average Bonchev–Trinajstić information content (AvgIpc) is 2.03. The van der Waals surface area contributed by atoms with Gasteiger partial charge >= 0.3 is 57.5 Å². The minimum Gasteiger partial charge on any atom is -0.444 e. The number of ether oxygens (including phenoxy) is 1. The molecule has 0 N–H and O–H groups in total. The first-order valence-electron chi connectivity index (χ1n) is 4.78. The molecule has 1 heterocycles. The van der Waals surface area contributed by atoms with Gasteiger partial charge in [-0.3, -0.25) is 0 Å². The molecule has 1 aliphatic rings. The summed E-state index contributed by atoms with van der Waals surface area (Å²) in [4.78, 5) is 13.2. The number of carbonyl (C=O) groups is 1. The van der Waals surface area contributed by atoms with Crippen molar-refractivity contribution in [1.82, 2.24) is 4.90 Å². The van der Waals surface area contributed by atoms with Crippen molar-refractivity contribution in [2.75, 3.05) is 13.1 Å². The molecular formula is C10H18KNO2. The van der Waals surface area contributed by atoms with Crippen LogP contribution in [-0.4, -0.2) is 29.7 Å². The molecular weight excluding hydrogens is 205 g/mol. The van der Waals surface area contributed by atoms with E-state index < -0.39 is 0 Å². The summed E-state index contributed by atoms with van der Waals surface area (Å²) < 4.78 is 5.24. The second-order valence-electron chi connectivity index (χ2n) is 4.36. The third-order valence-electron chi connectivity index (χ3n) is 1.84. The quantitative estimate of drug-likeness (QED) is 0.398. The molecule has 0 spiro atoms. The van der Waals surface area contributed by atoms with Crippen molar-refractivity contribution in [3.63, 3.8) is 0 Å². The Morgan fingerprint density at radius 1 is 1.43 bits per heavy atom. The molecule has 0 aromatic rings. The first-order chi connectivity index (χ1) is 5.99. The molecule has 1 fully saturated rings. The molecule has 1 saturated heterocycles. The predicted octanol–water partition coefficient (Wildman–Crippen LogP) is -0.774. The number of rotatable bonds is 0. The van der Waals surface area contributed by atoms with E-state index in [1.54, 1.807) is 4.90 Å². The van der Waals surface area contributed by atoms with Crippen LogP contribution in [0.25, 0.3) is 0 Å². The van der Waals surface area contributed by atoms with Crippen LogP contribution in [0, 0.1) is 6.42 Å². The van der Waals surface area contributed by atoms with Gasteiger partial charge in [0, 0.05) is 6.54 Å². The van der Waals surface area contributed by atoms with Gasteiger partial charge in [-0.15, -0.1) is 0 Å². The van der Waals surface area contributed by atoms with Crippen LogP contribution in [0.5, 0.6) is 0 Å². The number of likely N-dealkylation sites (tertiary alicyclic amines) is 1. The number of hydrogen-bond donors (Lipinski definition) is 0. The van der Waals surface area contributed by atoms with Gasteiger partial charge in [0.1, 0.15) is 5.60 Å². The standard InChI is InChI=1S/C10H18NO2.K/c1-10(2,3)13-9(12)11-7-5-4-6-8-11;/h5H,4,6-8H2,1-3H3;/q-1;+1. The van der Waals surface area contributed by atoms with Gasteiger partial charge in [-0.05, 0) is 20.8 Å². The fourth-order valence-electron chi connectivity index (χ4n) is 1.26. The Bertz CT molecular complexity index is 183. The third kappa shape index (κ3) is 5.71. The minimum atomic E-state index is -0.380. The van der Waals surface area contributed by atoms with E-state index >= 15 is 0 Å². The van der Waals surface area contributed by atoms with Gasteiger partial charge in [-0.2, -0.15) is 6.42 Å². The molecule has 0 aliphatic carbocycles. The number of carbonyl (C=O) groups excluding carboxylic acids is 1. The van der Waals surface area contributed by atoms with Crippen molar-refractivity contribution in [3.05, 3.63) is 6.42 Å². The summed E-state index contributed by atoms with van der Waals surface area (Å²) in [5, 5.41) is 0. The van der Waals surface area contributed by atoms with Crippen LogP contribution in [0.2, 0.25) is 0 Å². The number of amides is 1. The molecule has 0 aromatic carbocycles. The maximum Gasteiger partial charge on any atom is 1.00 e.